The van der Waals surface area contributed by atoms with Crippen molar-refractivity contribution < 1.29 is 29.2 Å². The van der Waals surface area contributed by atoms with Gasteiger partial charge >= 0.3 is 5.97 Å². The van der Waals surface area contributed by atoms with Gasteiger partial charge in [0.05, 0.1) is 25.6 Å². The van der Waals surface area contributed by atoms with Gasteiger partial charge in [0.2, 0.25) is 0 Å². The number of aromatic nitrogens is 4. The molecule has 12 nitrogen and oxygen atoms in total. The number of ether oxygens (including phenoxy) is 3. The zero-order valence-electron chi connectivity index (χ0n) is 18.6. The molecule has 0 amide bonds. The summed E-state index contributed by atoms with van der Waals surface area (Å²) in [5.74, 6) is 0.260. The van der Waals surface area contributed by atoms with Crippen LogP contribution in [0.3, 0.4) is 0 Å². The van der Waals surface area contributed by atoms with Crippen molar-refractivity contribution >= 4 is 34.6 Å². The molecule has 0 bridgehead atoms. The molecule has 4 heterocycles. The monoisotopic (exact) mass is 504 g/mol. The van der Waals surface area contributed by atoms with E-state index in [0.29, 0.717) is 53.4 Å². The van der Waals surface area contributed by atoms with Gasteiger partial charge in [-0.25, -0.2) is 19.7 Å². The van der Waals surface area contributed by atoms with E-state index < -0.39 is 30.4 Å². The number of fused-ring (bicyclic) bond motifs is 1. The van der Waals surface area contributed by atoms with Gasteiger partial charge in [0, 0.05) is 29.7 Å². The highest BCUT2D eigenvalue weighted by molar-refractivity contribution is 6.30. The van der Waals surface area contributed by atoms with Crippen molar-refractivity contribution in [1.29, 1.82) is 0 Å². The maximum atomic E-state index is 11.4. The van der Waals surface area contributed by atoms with Crippen LogP contribution in [0.1, 0.15) is 18.2 Å². The fourth-order valence-corrected chi connectivity index (χ4v) is 4.43. The minimum atomic E-state index is -1.34. The van der Waals surface area contributed by atoms with Crippen LogP contribution < -0.4 is 15.8 Å². The van der Waals surface area contributed by atoms with Crippen LogP contribution in [-0.4, -0.2) is 73.8 Å². The standard InChI is InChI=1S/C22H25ClN6O6/c23-13-1-2-14(34-8-11-3-4-33-7-11)12(5-13)6-25-19-16-20(27-9-26-19)29(10-28-16)21-17(30)15(24)18(35-21)22(31)32/h1-2,5,9-11,15,17-18,21,30H,3-4,6-8,24H2,(H,31,32)(H,25,26,27). The van der Waals surface area contributed by atoms with Gasteiger partial charge in [0.15, 0.2) is 29.3 Å². The molecule has 5 atom stereocenters. The number of aliphatic hydroxyl groups excluding tert-OH is 1. The summed E-state index contributed by atoms with van der Waals surface area (Å²) in [5, 5.41) is 23.6. The summed E-state index contributed by atoms with van der Waals surface area (Å²) >= 11 is 6.22. The Kier molecular flexibility index (Phi) is 6.71. The third-order valence-corrected chi connectivity index (χ3v) is 6.40. The Morgan fingerprint density at radius 1 is 1.34 bits per heavy atom. The first-order valence-electron chi connectivity index (χ1n) is 11.1. The maximum absolute atomic E-state index is 11.4. The Morgan fingerprint density at radius 3 is 2.94 bits per heavy atom. The van der Waals surface area contributed by atoms with E-state index in [9.17, 15) is 15.0 Å². The lowest BCUT2D eigenvalue weighted by Crippen LogP contribution is -2.43. The van der Waals surface area contributed by atoms with Gasteiger partial charge in [-0.3, -0.25) is 4.57 Å². The van der Waals surface area contributed by atoms with E-state index in [4.69, 9.17) is 31.5 Å². The Labute approximate surface area is 205 Å². The van der Waals surface area contributed by atoms with Crippen LogP contribution in [0.4, 0.5) is 5.82 Å². The first-order valence-corrected chi connectivity index (χ1v) is 11.5. The number of nitrogens with two attached hydrogens (primary N) is 1. The van der Waals surface area contributed by atoms with E-state index >= 15 is 0 Å². The van der Waals surface area contributed by atoms with Crippen LogP contribution in [0, 0.1) is 5.92 Å². The lowest BCUT2D eigenvalue weighted by atomic mass is 10.1. The number of imidazole rings is 1. The van der Waals surface area contributed by atoms with Gasteiger partial charge in [-0.15, -0.1) is 0 Å². The molecule has 2 aliphatic heterocycles. The SMILES string of the molecule is NC1C(C(=O)O)OC(n2cnc3c(NCc4cc(Cl)ccc4OCC4CCOC4)ncnc32)C1O. The summed E-state index contributed by atoms with van der Waals surface area (Å²) in [4.78, 5) is 24.3. The molecule has 2 aliphatic rings. The van der Waals surface area contributed by atoms with Crippen molar-refractivity contribution in [2.45, 2.75) is 37.4 Å². The van der Waals surface area contributed by atoms with Crippen LogP contribution in [0.25, 0.3) is 11.2 Å². The number of halogens is 1. The predicted octanol–water partition coefficient (Wildman–Crippen LogP) is 1.18. The van der Waals surface area contributed by atoms with Crippen molar-refractivity contribution in [3.63, 3.8) is 0 Å². The molecular formula is C22H25ClN6O6. The second-order valence-corrected chi connectivity index (χ2v) is 8.98. The molecule has 0 spiro atoms. The van der Waals surface area contributed by atoms with Crippen molar-refractivity contribution in [3.8, 4) is 5.75 Å². The largest absolute Gasteiger partial charge is 0.493 e. The molecule has 3 aromatic rings. The topological polar surface area (TPSA) is 167 Å². The third kappa shape index (κ3) is 4.75. The van der Waals surface area contributed by atoms with E-state index in [2.05, 4.69) is 20.3 Å². The molecule has 5 unspecified atom stereocenters. The van der Waals surface area contributed by atoms with Gasteiger partial charge in [-0.05, 0) is 24.6 Å². The van der Waals surface area contributed by atoms with Crippen molar-refractivity contribution in [1.82, 2.24) is 19.5 Å². The molecule has 0 saturated carbocycles. The second-order valence-electron chi connectivity index (χ2n) is 8.55. The lowest BCUT2D eigenvalue weighted by molar-refractivity contribution is -0.152. The van der Waals surface area contributed by atoms with Crippen LogP contribution in [0.2, 0.25) is 5.02 Å². The number of nitrogens with zero attached hydrogens (tertiary/aromatic N) is 4. The summed E-state index contributed by atoms with van der Waals surface area (Å²) < 4.78 is 18.4. The molecule has 2 saturated heterocycles. The molecule has 0 aliphatic carbocycles. The number of aliphatic carboxylic acids is 1. The molecule has 5 N–H and O–H groups in total. The Balaban J connectivity index is 1.34. The number of anilines is 1. The van der Waals surface area contributed by atoms with E-state index in [0.717, 1.165) is 18.6 Å². The van der Waals surface area contributed by atoms with Crippen molar-refractivity contribution in [3.05, 3.63) is 41.4 Å². The van der Waals surface area contributed by atoms with Crippen molar-refractivity contribution in [2.24, 2.45) is 11.7 Å². The number of benzene rings is 1. The molecule has 13 heteroatoms. The van der Waals surface area contributed by atoms with Gasteiger partial charge in [0.1, 0.15) is 18.2 Å². The first kappa shape index (κ1) is 23.7. The van der Waals surface area contributed by atoms with Crippen LogP contribution in [-0.2, 0) is 20.8 Å². The summed E-state index contributed by atoms with van der Waals surface area (Å²) in [6, 6.07) is 4.34. The Hall–Kier alpha value is -3.03. The quantitative estimate of drug-likeness (QED) is 0.347. The van der Waals surface area contributed by atoms with Crippen molar-refractivity contribution in [2.75, 3.05) is 25.1 Å². The van der Waals surface area contributed by atoms with Gasteiger partial charge < -0.3 is 35.5 Å². The molecule has 35 heavy (non-hydrogen) atoms. The summed E-state index contributed by atoms with van der Waals surface area (Å²) in [6.45, 7) is 2.36. The smallest absolute Gasteiger partial charge is 0.334 e. The van der Waals surface area contributed by atoms with Gasteiger partial charge in [-0.1, -0.05) is 11.6 Å². The van der Waals surface area contributed by atoms with Crippen LogP contribution >= 0.6 is 11.6 Å². The highest BCUT2D eigenvalue weighted by Gasteiger charge is 2.46. The first-order chi connectivity index (χ1) is 16.9. The summed E-state index contributed by atoms with van der Waals surface area (Å²) in [5.41, 5.74) is 7.45. The summed E-state index contributed by atoms with van der Waals surface area (Å²) in [6.07, 6.45) is 0.0770. The number of hydrogen-bond acceptors (Lipinski definition) is 10. The minimum absolute atomic E-state index is 0.352. The molecule has 2 fully saturated rings. The molecular weight excluding hydrogens is 480 g/mol. The Bertz CT molecular complexity index is 1220. The van der Waals surface area contributed by atoms with E-state index in [1.54, 1.807) is 6.07 Å². The number of carboxylic acids is 1. The predicted molar refractivity (Wildman–Crippen MR) is 124 cm³/mol. The number of hydrogen-bond donors (Lipinski definition) is 4. The third-order valence-electron chi connectivity index (χ3n) is 6.17. The van der Waals surface area contributed by atoms with Gasteiger partial charge in [-0.2, -0.15) is 0 Å². The maximum Gasteiger partial charge on any atom is 0.334 e. The average molecular weight is 505 g/mol. The molecule has 0 radical (unpaired) electrons. The molecule has 2 aromatic heterocycles. The number of nitrogens with one attached hydrogen (secondary N) is 1. The fourth-order valence-electron chi connectivity index (χ4n) is 4.24. The average Bonchev–Trinajstić information content (AvgIpc) is 3.57. The normalized spacial score (nSPS) is 26.3. The Morgan fingerprint density at radius 2 is 2.20 bits per heavy atom. The highest BCUT2D eigenvalue weighted by Crippen LogP contribution is 2.32. The number of carbonyl (C=O) groups is 1. The number of aliphatic hydroxyl groups is 1. The molecule has 186 valence electrons. The van der Waals surface area contributed by atoms with E-state index in [1.807, 2.05) is 12.1 Å². The lowest BCUT2D eigenvalue weighted by Gasteiger charge is -2.17. The zero-order valence-corrected chi connectivity index (χ0v) is 19.3. The van der Waals surface area contributed by atoms with E-state index in [1.165, 1.54) is 17.2 Å². The van der Waals surface area contributed by atoms with Crippen LogP contribution in [0.5, 0.6) is 5.75 Å². The van der Waals surface area contributed by atoms with E-state index in [-0.39, 0.29) is 0 Å². The van der Waals surface area contributed by atoms with Crippen LogP contribution in [0.15, 0.2) is 30.9 Å². The minimum Gasteiger partial charge on any atom is -0.493 e. The fraction of sp³-hybridized carbons (Fsp3) is 0.455. The number of carboxylic acid groups (broad SMARTS) is 1. The summed E-state index contributed by atoms with van der Waals surface area (Å²) in [7, 11) is 0. The zero-order chi connectivity index (χ0) is 24.5. The molecule has 1 aromatic carbocycles. The number of rotatable bonds is 8. The molecule has 5 rings (SSSR count). The van der Waals surface area contributed by atoms with Gasteiger partial charge in [0.25, 0.3) is 0 Å². The highest BCUT2D eigenvalue weighted by atomic mass is 35.5. The second kappa shape index (κ2) is 9.91.